The van der Waals surface area contributed by atoms with E-state index in [0.29, 0.717) is 12.0 Å². The molecular formula is C13H26N2O. The highest BCUT2D eigenvalue weighted by atomic mass is 16.2. The van der Waals surface area contributed by atoms with Gasteiger partial charge in [0, 0.05) is 25.7 Å². The summed E-state index contributed by atoms with van der Waals surface area (Å²) in [6, 6.07) is 0.542. The summed E-state index contributed by atoms with van der Waals surface area (Å²) >= 11 is 0. The molecule has 3 nitrogen and oxygen atoms in total. The summed E-state index contributed by atoms with van der Waals surface area (Å²) in [5, 5.41) is 0. The molecule has 94 valence electrons. The van der Waals surface area contributed by atoms with E-state index < -0.39 is 0 Å². The van der Waals surface area contributed by atoms with Crippen molar-refractivity contribution in [3.63, 3.8) is 0 Å². The number of urea groups is 1. The van der Waals surface area contributed by atoms with Crippen LogP contribution in [0, 0.1) is 5.92 Å². The van der Waals surface area contributed by atoms with Gasteiger partial charge in [0.05, 0.1) is 0 Å². The lowest BCUT2D eigenvalue weighted by Gasteiger charge is -2.36. The van der Waals surface area contributed by atoms with E-state index in [9.17, 15) is 4.79 Å². The van der Waals surface area contributed by atoms with Gasteiger partial charge < -0.3 is 9.80 Å². The van der Waals surface area contributed by atoms with Crippen molar-refractivity contribution in [2.75, 3.05) is 19.6 Å². The third kappa shape index (κ3) is 3.69. The highest BCUT2D eigenvalue weighted by molar-refractivity contribution is 5.74. The monoisotopic (exact) mass is 226 g/mol. The van der Waals surface area contributed by atoms with Gasteiger partial charge in [-0.15, -0.1) is 0 Å². The first-order valence-corrected chi connectivity index (χ1v) is 6.58. The number of carbonyl (C=O) groups excluding carboxylic acids is 1. The molecule has 1 rings (SSSR count). The van der Waals surface area contributed by atoms with Crippen molar-refractivity contribution in [1.82, 2.24) is 9.80 Å². The van der Waals surface area contributed by atoms with Crippen LogP contribution in [-0.2, 0) is 0 Å². The molecule has 0 atom stereocenters. The van der Waals surface area contributed by atoms with Crippen molar-refractivity contribution < 1.29 is 4.79 Å². The second kappa shape index (κ2) is 6.12. The second-order valence-corrected chi connectivity index (χ2v) is 5.47. The zero-order valence-electron chi connectivity index (χ0n) is 11.2. The van der Waals surface area contributed by atoms with E-state index in [1.807, 2.05) is 9.80 Å². The fraction of sp³-hybridized carbons (Fsp3) is 0.923. The lowest BCUT2D eigenvalue weighted by molar-refractivity contribution is 0.125. The Morgan fingerprint density at radius 3 is 2.12 bits per heavy atom. The molecule has 16 heavy (non-hydrogen) atoms. The Balaban J connectivity index is 2.58. The molecule has 2 amide bonds. The van der Waals surface area contributed by atoms with Gasteiger partial charge in [0.15, 0.2) is 0 Å². The van der Waals surface area contributed by atoms with E-state index in [1.54, 1.807) is 0 Å². The van der Waals surface area contributed by atoms with Crippen molar-refractivity contribution in [2.45, 2.75) is 53.0 Å². The molecule has 0 aromatic heterocycles. The van der Waals surface area contributed by atoms with Gasteiger partial charge >= 0.3 is 6.03 Å². The largest absolute Gasteiger partial charge is 0.325 e. The van der Waals surface area contributed by atoms with Gasteiger partial charge in [-0.3, -0.25) is 0 Å². The van der Waals surface area contributed by atoms with Crippen LogP contribution in [0.3, 0.4) is 0 Å². The summed E-state index contributed by atoms with van der Waals surface area (Å²) in [5.41, 5.74) is 0. The van der Waals surface area contributed by atoms with Gasteiger partial charge in [-0.1, -0.05) is 13.8 Å². The molecule has 0 spiro atoms. The lowest BCUT2D eigenvalue weighted by atomic mass is 10.1. The summed E-state index contributed by atoms with van der Waals surface area (Å²) in [7, 11) is 0. The smallest absolute Gasteiger partial charge is 0.320 e. The van der Waals surface area contributed by atoms with Crippen LogP contribution >= 0.6 is 0 Å². The van der Waals surface area contributed by atoms with Crippen LogP contribution in [0.5, 0.6) is 0 Å². The van der Waals surface area contributed by atoms with Crippen LogP contribution in [-0.4, -0.2) is 41.5 Å². The summed E-state index contributed by atoms with van der Waals surface area (Å²) in [5.74, 6) is 0.538. The maximum Gasteiger partial charge on any atom is 0.320 e. The fourth-order valence-corrected chi connectivity index (χ4v) is 2.17. The van der Waals surface area contributed by atoms with Crippen LogP contribution in [0.1, 0.15) is 47.0 Å². The van der Waals surface area contributed by atoms with Crippen LogP contribution < -0.4 is 0 Å². The molecule has 0 aliphatic carbocycles. The van der Waals surface area contributed by atoms with E-state index in [-0.39, 0.29) is 6.03 Å². The highest BCUT2D eigenvalue weighted by Gasteiger charge is 2.24. The van der Waals surface area contributed by atoms with Crippen molar-refractivity contribution in [3.8, 4) is 0 Å². The van der Waals surface area contributed by atoms with Crippen LogP contribution in [0.25, 0.3) is 0 Å². The Bertz CT molecular complexity index is 220. The molecule has 1 aliphatic rings. The summed E-state index contributed by atoms with van der Waals surface area (Å²) < 4.78 is 0. The van der Waals surface area contributed by atoms with Gasteiger partial charge in [0.25, 0.3) is 0 Å². The molecule has 0 N–H and O–H groups in total. The van der Waals surface area contributed by atoms with E-state index in [1.165, 1.54) is 19.3 Å². The Kier molecular flexibility index (Phi) is 5.10. The Hall–Kier alpha value is -0.730. The minimum atomic E-state index is 0.239. The Labute approximate surface area is 99.8 Å². The predicted molar refractivity (Wildman–Crippen MR) is 67.5 cm³/mol. The minimum absolute atomic E-state index is 0.239. The van der Waals surface area contributed by atoms with E-state index >= 15 is 0 Å². The average Bonchev–Trinajstić information content (AvgIpc) is 2.25. The number of nitrogens with zero attached hydrogens (tertiary/aromatic N) is 2. The molecule has 1 fully saturated rings. The zero-order chi connectivity index (χ0) is 12.1. The SMILES string of the molecule is CC(C)CN(C(=O)N1CCCCC1)C(C)C. The van der Waals surface area contributed by atoms with Crippen molar-refractivity contribution >= 4 is 6.03 Å². The van der Waals surface area contributed by atoms with Crippen LogP contribution in [0.15, 0.2) is 0 Å². The number of hydrogen-bond donors (Lipinski definition) is 0. The van der Waals surface area contributed by atoms with E-state index in [2.05, 4.69) is 27.7 Å². The predicted octanol–water partition coefficient (Wildman–Crippen LogP) is 2.96. The van der Waals surface area contributed by atoms with Gasteiger partial charge in [-0.25, -0.2) is 4.79 Å². The third-order valence-electron chi connectivity index (χ3n) is 3.06. The van der Waals surface area contributed by atoms with Gasteiger partial charge in [0.2, 0.25) is 0 Å². The molecule has 0 aromatic rings. The van der Waals surface area contributed by atoms with Gasteiger partial charge in [-0.2, -0.15) is 0 Å². The molecule has 1 aliphatic heterocycles. The summed E-state index contributed by atoms with van der Waals surface area (Å²) in [4.78, 5) is 16.4. The third-order valence-corrected chi connectivity index (χ3v) is 3.06. The summed E-state index contributed by atoms with van der Waals surface area (Å²) in [6.07, 6.45) is 3.61. The molecule has 3 heteroatoms. The van der Waals surface area contributed by atoms with Gasteiger partial charge in [-0.05, 0) is 39.0 Å². The summed E-state index contributed by atoms with van der Waals surface area (Å²) in [6.45, 7) is 11.3. The molecule has 0 saturated carbocycles. The molecule has 0 bridgehead atoms. The topological polar surface area (TPSA) is 23.6 Å². The first-order valence-electron chi connectivity index (χ1n) is 6.58. The fourth-order valence-electron chi connectivity index (χ4n) is 2.17. The zero-order valence-corrected chi connectivity index (χ0v) is 11.2. The quantitative estimate of drug-likeness (QED) is 0.725. The molecule has 0 aromatic carbocycles. The number of rotatable bonds is 3. The normalized spacial score (nSPS) is 17.0. The Morgan fingerprint density at radius 2 is 1.69 bits per heavy atom. The first kappa shape index (κ1) is 13.3. The number of likely N-dealkylation sites (tertiary alicyclic amines) is 1. The van der Waals surface area contributed by atoms with Crippen molar-refractivity contribution in [3.05, 3.63) is 0 Å². The van der Waals surface area contributed by atoms with Crippen LogP contribution in [0.4, 0.5) is 4.79 Å². The standard InChI is InChI=1S/C13H26N2O/c1-11(2)10-15(12(3)4)13(16)14-8-6-5-7-9-14/h11-12H,5-10H2,1-4H3. The molecular weight excluding hydrogens is 200 g/mol. The van der Waals surface area contributed by atoms with E-state index in [0.717, 1.165) is 19.6 Å². The average molecular weight is 226 g/mol. The Morgan fingerprint density at radius 1 is 1.12 bits per heavy atom. The van der Waals surface area contributed by atoms with Crippen LogP contribution in [0.2, 0.25) is 0 Å². The lowest BCUT2D eigenvalue weighted by Crippen LogP contribution is -2.49. The number of piperidine rings is 1. The second-order valence-electron chi connectivity index (χ2n) is 5.47. The van der Waals surface area contributed by atoms with Crippen molar-refractivity contribution in [1.29, 1.82) is 0 Å². The van der Waals surface area contributed by atoms with Crippen molar-refractivity contribution in [2.24, 2.45) is 5.92 Å². The molecule has 1 saturated heterocycles. The number of amides is 2. The first-order chi connectivity index (χ1) is 7.52. The van der Waals surface area contributed by atoms with E-state index in [4.69, 9.17) is 0 Å². The number of hydrogen-bond acceptors (Lipinski definition) is 1. The molecule has 1 heterocycles. The molecule has 0 unspecified atom stereocenters. The maximum atomic E-state index is 12.3. The highest BCUT2D eigenvalue weighted by Crippen LogP contribution is 2.14. The number of carbonyl (C=O) groups is 1. The minimum Gasteiger partial charge on any atom is -0.325 e. The molecule has 0 radical (unpaired) electrons. The maximum absolute atomic E-state index is 12.3. The van der Waals surface area contributed by atoms with Gasteiger partial charge in [0.1, 0.15) is 0 Å².